The molecule has 0 unspecified atom stereocenters. The highest BCUT2D eigenvalue weighted by Crippen LogP contribution is 2.29. The number of methoxy groups -OCH3 is 1. The van der Waals surface area contributed by atoms with Crippen molar-refractivity contribution in [3.8, 4) is 5.75 Å². The first-order chi connectivity index (χ1) is 8.83. The van der Waals surface area contributed by atoms with Gasteiger partial charge in [0.25, 0.3) is 0 Å². The van der Waals surface area contributed by atoms with Crippen molar-refractivity contribution in [2.45, 2.75) is 0 Å². The summed E-state index contributed by atoms with van der Waals surface area (Å²) in [7, 11) is 3.48. The van der Waals surface area contributed by atoms with E-state index >= 15 is 0 Å². The van der Waals surface area contributed by atoms with E-state index in [2.05, 4.69) is 15.5 Å². The Morgan fingerprint density at radius 1 is 0.944 bits per heavy atom. The molecule has 0 aliphatic rings. The maximum absolute atomic E-state index is 5.26. The van der Waals surface area contributed by atoms with Gasteiger partial charge in [-0.2, -0.15) is 10.2 Å². The minimum absolute atomic E-state index is 0.752. The molecule has 2 aromatic carbocycles. The number of ether oxygens (including phenoxy) is 1. The fraction of sp³-hybridized carbons (Fsp3) is 0.143. The van der Waals surface area contributed by atoms with E-state index in [1.54, 1.807) is 7.11 Å². The van der Waals surface area contributed by atoms with Crippen LogP contribution in [0.15, 0.2) is 58.8 Å². The van der Waals surface area contributed by atoms with E-state index in [9.17, 15) is 0 Å². The fourth-order valence-corrected chi connectivity index (χ4v) is 1.56. The van der Waals surface area contributed by atoms with Crippen LogP contribution in [0.4, 0.5) is 17.1 Å². The number of anilines is 1. The van der Waals surface area contributed by atoms with Crippen molar-refractivity contribution in [1.82, 2.24) is 0 Å². The molecule has 4 nitrogen and oxygen atoms in total. The lowest BCUT2D eigenvalue weighted by molar-refractivity contribution is 0.417. The predicted molar refractivity (Wildman–Crippen MR) is 73.2 cm³/mol. The number of hydrogen-bond acceptors (Lipinski definition) is 4. The van der Waals surface area contributed by atoms with Gasteiger partial charge in [-0.3, -0.25) is 0 Å². The molecule has 92 valence electrons. The van der Waals surface area contributed by atoms with Crippen LogP contribution < -0.4 is 10.1 Å². The van der Waals surface area contributed by atoms with Crippen LogP contribution in [0, 0.1) is 0 Å². The summed E-state index contributed by atoms with van der Waals surface area (Å²) in [6, 6.07) is 15.3. The third-order valence-corrected chi connectivity index (χ3v) is 2.49. The van der Waals surface area contributed by atoms with E-state index in [-0.39, 0.29) is 0 Å². The second kappa shape index (κ2) is 5.82. The van der Waals surface area contributed by atoms with Crippen LogP contribution in [-0.2, 0) is 0 Å². The Hall–Kier alpha value is -2.36. The average molecular weight is 241 g/mol. The van der Waals surface area contributed by atoms with Gasteiger partial charge in [0.1, 0.15) is 5.75 Å². The molecular weight excluding hydrogens is 226 g/mol. The zero-order valence-electron chi connectivity index (χ0n) is 10.4. The first kappa shape index (κ1) is 12.1. The number of nitrogens with one attached hydrogen (secondary N) is 1. The summed E-state index contributed by atoms with van der Waals surface area (Å²) in [5, 5.41) is 11.4. The summed E-state index contributed by atoms with van der Waals surface area (Å²) in [6.07, 6.45) is 0. The zero-order chi connectivity index (χ0) is 12.8. The van der Waals surface area contributed by atoms with Crippen molar-refractivity contribution in [2.24, 2.45) is 10.2 Å². The number of benzene rings is 2. The minimum Gasteiger partial charge on any atom is -0.495 e. The van der Waals surface area contributed by atoms with Gasteiger partial charge in [0.2, 0.25) is 0 Å². The molecule has 4 heteroatoms. The van der Waals surface area contributed by atoms with Gasteiger partial charge in [0.05, 0.1) is 24.2 Å². The molecule has 0 aliphatic carbocycles. The molecular formula is C14H15N3O. The Labute approximate surface area is 106 Å². The third-order valence-electron chi connectivity index (χ3n) is 2.49. The van der Waals surface area contributed by atoms with Crippen molar-refractivity contribution in [3.63, 3.8) is 0 Å². The molecule has 2 aromatic rings. The molecule has 0 aromatic heterocycles. The lowest BCUT2D eigenvalue weighted by Gasteiger charge is -2.07. The predicted octanol–water partition coefficient (Wildman–Crippen LogP) is 4.15. The van der Waals surface area contributed by atoms with Crippen LogP contribution in [0.3, 0.4) is 0 Å². The van der Waals surface area contributed by atoms with Crippen molar-refractivity contribution in [2.75, 3.05) is 19.5 Å². The minimum atomic E-state index is 0.752. The Kier molecular flexibility index (Phi) is 3.91. The second-order valence-electron chi connectivity index (χ2n) is 3.67. The zero-order valence-corrected chi connectivity index (χ0v) is 10.4. The topological polar surface area (TPSA) is 46.0 Å². The van der Waals surface area contributed by atoms with Crippen LogP contribution in [0.25, 0.3) is 0 Å². The van der Waals surface area contributed by atoms with Crippen LogP contribution in [0.2, 0.25) is 0 Å². The van der Waals surface area contributed by atoms with Gasteiger partial charge in [-0.25, -0.2) is 0 Å². The number of rotatable bonds is 4. The first-order valence-electron chi connectivity index (χ1n) is 5.66. The maximum Gasteiger partial charge on any atom is 0.144 e. The molecule has 0 amide bonds. The summed E-state index contributed by atoms with van der Waals surface area (Å²) in [6.45, 7) is 0. The molecule has 0 spiro atoms. The monoisotopic (exact) mass is 241 g/mol. The van der Waals surface area contributed by atoms with Gasteiger partial charge < -0.3 is 10.1 Å². The largest absolute Gasteiger partial charge is 0.495 e. The number of azo groups is 1. The second-order valence-corrected chi connectivity index (χ2v) is 3.67. The van der Waals surface area contributed by atoms with Crippen LogP contribution >= 0.6 is 0 Å². The van der Waals surface area contributed by atoms with Crippen molar-refractivity contribution in [1.29, 1.82) is 0 Å². The SMILES string of the molecule is CNc1ccc(/N=N/c2ccccc2)cc1OC. The van der Waals surface area contributed by atoms with Crippen molar-refractivity contribution >= 4 is 17.1 Å². The standard InChI is InChI=1S/C14H15N3O/c1-15-13-9-8-12(10-14(13)18-2)17-16-11-6-4-3-5-7-11/h3-10,15H,1-2H3/b17-16+. The summed E-state index contributed by atoms with van der Waals surface area (Å²) >= 11 is 0. The van der Waals surface area contributed by atoms with Gasteiger partial charge in [-0.15, -0.1) is 0 Å². The smallest absolute Gasteiger partial charge is 0.144 e. The highest BCUT2D eigenvalue weighted by atomic mass is 16.5. The van der Waals surface area contributed by atoms with E-state index in [1.807, 2.05) is 55.6 Å². The molecule has 0 atom stereocenters. The lowest BCUT2D eigenvalue weighted by atomic mass is 10.2. The summed E-state index contributed by atoms with van der Waals surface area (Å²) in [5.74, 6) is 0.752. The number of nitrogens with zero attached hydrogens (tertiary/aromatic N) is 2. The van der Waals surface area contributed by atoms with E-state index in [4.69, 9.17) is 4.74 Å². The molecule has 1 N–H and O–H groups in total. The highest BCUT2D eigenvalue weighted by Gasteiger charge is 2.01. The quantitative estimate of drug-likeness (QED) is 0.817. The van der Waals surface area contributed by atoms with Crippen LogP contribution in [0.1, 0.15) is 0 Å². The molecule has 0 saturated heterocycles. The van der Waals surface area contributed by atoms with Gasteiger partial charge >= 0.3 is 0 Å². The van der Waals surface area contributed by atoms with Crippen molar-refractivity contribution < 1.29 is 4.74 Å². The maximum atomic E-state index is 5.26. The Bertz CT molecular complexity index is 538. The van der Waals surface area contributed by atoms with E-state index < -0.39 is 0 Å². The molecule has 18 heavy (non-hydrogen) atoms. The Morgan fingerprint density at radius 2 is 1.67 bits per heavy atom. The number of hydrogen-bond donors (Lipinski definition) is 1. The summed E-state index contributed by atoms with van der Waals surface area (Å²) in [4.78, 5) is 0. The Morgan fingerprint density at radius 3 is 2.33 bits per heavy atom. The van der Waals surface area contributed by atoms with Gasteiger partial charge in [-0.05, 0) is 24.3 Å². The van der Waals surface area contributed by atoms with Crippen molar-refractivity contribution in [3.05, 3.63) is 48.5 Å². The van der Waals surface area contributed by atoms with E-state index in [0.29, 0.717) is 0 Å². The highest BCUT2D eigenvalue weighted by molar-refractivity contribution is 5.61. The van der Waals surface area contributed by atoms with E-state index in [0.717, 1.165) is 22.8 Å². The Balaban J connectivity index is 2.22. The van der Waals surface area contributed by atoms with Crippen LogP contribution in [-0.4, -0.2) is 14.2 Å². The summed E-state index contributed by atoms with van der Waals surface area (Å²) < 4.78 is 5.26. The molecule has 2 rings (SSSR count). The van der Waals surface area contributed by atoms with Gasteiger partial charge in [0.15, 0.2) is 0 Å². The fourth-order valence-electron chi connectivity index (χ4n) is 1.56. The molecule has 0 bridgehead atoms. The molecule has 0 radical (unpaired) electrons. The van der Waals surface area contributed by atoms with Crippen LogP contribution in [0.5, 0.6) is 5.75 Å². The normalized spacial score (nSPS) is 10.6. The third kappa shape index (κ3) is 2.85. The van der Waals surface area contributed by atoms with Gasteiger partial charge in [-0.1, -0.05) is 18.2 Å². The van der Waals surface area contributed by atoms with Gasteiger partial charge in [0, 0.05) is 13.1 Å². The molecule has 0 fully saturated rings. The molecule has 0 aliphatic heterocycles. The average Bonchev–Trinajstić information content (AvgIpc) is 2.45. The van der Waals surface area contributed by atoms with E-state index in [1.165, 1.54) is 0 Å². The lowest BCUT2D eigenvalue weighted by Crippen LogP contribution is -1.92. The molecule has 0 saturated carbocycles. The summed E-state index contributed by atoms with van der Waals surface area (Å²) in [5.41, 5.74) is 2.51. The first-order valence-corrected chi connectivity index (χ1v) is 5.66. The molecule has 0 heterocycles.